The number of amides is 2. The van der Waals surface area contributed by atoms with Gasteiger partial charge in [0.25, 0.3) is 0 Å². The first-order valence-electron chi connectivity index (χ1n) is 6.71. The third-order valence-corrected chi connectivity index (χ3v) is 3.33. The molecule has 0 aliphatic carbocycles. The van der Waals surface area contributed by atoms with Gasteiger partial charge in [-0.15, -0.1) is 0 Å². The van der Waals surface area contributed by atoms with Crippen LogP contribution in [0.15, 0.2) is 0 Å². The first-order valence-corrected chi connectivity index (χ1v) is 6.71. The van der Waals surface area contributed by atoms with Crippen LogP contribution in [0.5, 0.6) is 0 Å². The summed E-state index contributed by atoms with van der Waals surface area (Å²) in [5.74, 6) is -0.762. The minimum atomic E-state index is -0.762. The number of unbranched alkanes of at least 4 members (excludes halogenated alkanes) is 2. The van der Waals surface area contributed by atoms with E-state index in [0.29, 0.717) is 13.0 Å². The molecule has 0 aromatic heterocycles. The summed E-state index contributed by atoms with van der Waals surface area (Å²) < 4.78 is 0. The lowest BCUT2D eigenvalue weighted by molar-refractivity contribution is -0.137. The zero-order valence-electron chi connectivity index (χ0n) is 11.7. The molecule has 0 saturated carbocycles. The van der Waals surface area contributed by atoms with Gasteiger partial charge in [0.2, 0.25) is 0 Å². The molecule has 2 amide bonds. The van der Waals surface area contributed by atoms with E-state index in [9.17, 15) is 9.59 Å². The van der Waals surface area contributed by atoms with Crippen molar-refractivity contribution in [2.24, 2.45) is 0 Å². The summed E-state index contributed by atoms with van der Waals surface area (Å²) in [5, 5.41) is 14.2. The Morgan fingerprint density at radius 1 is 1.11 bits per heavy atom. The van der Waals surface area contributed by atoms with Crippen molar-refractivity contribution in [3.8, 4) is 0 Å². The summed E-state index contributed by atoms with van der Waals surface area (Å²) in [5.41, 5.74) is -0.145. The fourth-order valence-electron chi connectivity index (χ4n) is 1.52. The zero-order valence-corrected chi connectivity index (χ0v) is 11.7. The van der Waals surface area contributed by atoms with Crippen LogP contribution in [0, 0.1) is 0 Å². The summed E-state index contributed by atoms with van der Waals surface area (Å²) in [6, 6.07) is -0.139. The predicted molar refractivity (Wildman–Crippen MR) is 71.6 cm³/mol. The Kier molecular flexibility index (Phi) is 8.16. The number of aliphatic carboxylic acids is 1. The lowest BCUT2D eigenvalue weighted by atomic mass is 9.96. The lowest BCUT2D eigenvalue weighted by Crippen LogP contribution is -2.49. The second-order valence-corrected chi connectivity index (χ2v) is 4.85. The van der Waals surface area contributed by atoms with Crippen molar-refractivity contribution in [3.63, 3.8) is 0 Å². The van der Waals surface area contributed by atoms with Gasteiger partial charge in [0.05, 0.1) is 0 Å². The zero-order chi connectivity index (χ0) is 14.0. The minimum Gasteiger partial charge on any atom is -0.481 e. The van der Waals surface area contributed by atoms with Crippen molar-refractivity contribution < 1.29 is 14.7 Å². The van der Waals surface area contributed by atoms with Crippen molar-refractivity contribution in [1.82, 2.24) is 10.6 Å². The van der Waals surface area contributed by atoms with Crippen LogP contribution in [0.4, 0.5) is 4.79 Å². The van der Waals surface area contributed by atoms with Gasteiger partial charge in [-0.2, -0.15) is 0 Å². The van der Waals surface area contributed by atoms with Crippen LogP contribution in [-0.4, -0.2) is 29.2 Å². The number of hydrogen-bond acceptors (Lipinski definition) is 2. The molecule has 0 fully saturated rings. The summed E-state index contributed by atoms with van der Waals surface area (Å²) in [4.78, 5) is 21.9. The third kappa shape index (κ3) is 7.92. The molecule has 106 valence electrons. The molecule has 0 atom stereocenters. The molecule has 0 spiro atoms. The Morgan fingerprint density at radius 3 is 2.22 bits per heavy atom. The van der Waals surface area contributed by atoms with Gasteiger partial charge < -0.3 is 15.7 Å². The van der Waals surface area contributed by atoms with Crippen LogP contribution < -0.4 is 10.6 Å². The Balaban J connectivity index is 3.62. The first-order chi connectivity index (χ1) is 8.43. The second-order valence-electron chi connectivity index (χ2n) is 4.85. The molecule has 0 bridgehead atoms. The number of carboxylic acids is 1. The number of carbonyl (C=O) groups is 2. The SMILES string of the molecule is CCC(C)(CC)NC(=O)NCCCCCC(=O)O. The molecule has 5 heteroatoms. The van der Waals surface area contributed by atoms with E-state index in [4.69, 9.17) is 5.11 Å². The quantitative estimate of drug-likeness (QED) is 0.556. The highest BCUT2D eigenvalue weighted by Gasteiger charge is 2.21. The molecular weight excluding hydrogens is 232 g/mol. The van der Waals surface area contributed by atoms with E-state index in [-0.39, 0.29) is 18.0 Å². The van der Waals surface area contributed by atoms with E-state index in [2.05, 4.69) is 24.5 Å². The largest absolute Gasteiger partial charge is 0.481 e. The smallest absolute Gasteiger partial charge is 0.315 e. The summed E-state index contributed by atoms with van der Waals surface area (Å²) in [6.07, 6.45) is 4.31. The molecule has 0 rings (SSSR count). The van der Waals surface area contributed by atoms with Crippen LogP contribution in [0.1, 0.15) is 59.3 Å². The molecule has 0 aromatic carbocycles. The van der Waals surface area contributed by atoms with E-state index < -0.39 is 5.97 Å². The molecule has 0 saturated heterocycles. The number of hydrogen-bond donors (Lipinski definition) is 3. The standard InChI is InChI=1S/C13H26N2O3/c1-4-13(3,5-2)15-12(18)14-10-8-6-7-9-11(16)17/h4-10H2,1-3H3,(H,16,17)(H2,14,15,18). The molecular formula is C13H26N2O3. The Hall–Kier alpha value is -1.26. The van der Waals surface area contributed by atoms with Crippen molar-refractivity contribution >= 4 is 12.0 Å². The third-order valence-electron chi connectivity index (χ3n) is 3.33. The number of nitrogens with one attached hydrogen (secondary N) is 2. The normalized spacial score (nSPS) is 11.1. The van der Waals surface area contributed by atoms with Crippen LogP contribution in [0.25, 0.3) is 0 Å². The number of carboxylic acid groups (broad SMARTS) is 1. The monoisotopic (exact) mass is 258 g/mol. The first kappa shape index (κ1) is 16.7. The topological polar surface area (TPSA) is 78.4 Å². The van der Waals surface area contributed by atoms with Gasteiger partial charge >= 0.3 is 12.0 Å². The summed E-state index contributed by atoms with van der Waals surface area (Å²) >= 11 is 0. The van der Waals surface area contributed by atoms with E-state index >= 15 is 0 Å². The Labute approximate surface area is 109 Å². The Bertz CT molecular complexity index is 263. The summed E-state index contributed by atoms with van der Waals surface area (Å²) in [6.45, 7) is 6.72. The van der Waals surface area contributed by atoms with E-state index in [1.165, 1.54) is 0 Å². The van der Waals surface area contributed by atoms with Gasteiger partial charge in [-0.25, -0.2) is 4.79 Å². The fourth-order valence-corrected chi connectivity index (χ4v) is 1.52. The highest BCUT2D eigenvalue weighted by Crippen LogP contribution is 2.12. The molecule has 0 heterocycles. The average molecular weight is 258 g/mol. The maximum absolute atomic E-state index is 11.6. The maximum atomic E-state index is 11.6. The Morgan fingerprint density at radius 2 is 1.72 bits per heavy atom. The van der Waals surface area contributed by atoms with Crippen LogP contribution in [0.2, 0.25) is 0 Å². The lowest BCUT2D eigenvalue weighted by Gasteiger charge is -2.28. The maximum Gasteiger partial charge on any atom is 0.315 e. The molecule has 5 nitrogen and oxygen atoms in total. The summed E-state index contributed by atoms with van der Waals surface area (Å²) in [7, 11) is 0. The van der Waals surface area contributed by atoms with E-state index in [1.807, 2.05) is 6.92 Å². The minimum absolute atomic E-state index is 0.139. The van der Waals surface area contributed by atoms with Gasteiger partial charge in [-0.05, 0) is 32.6 Å². The van der Waals surface area contributed by atoms with Crippen LogP contribution in [-0.2, 0) is 4.79 Å². The van der Waals surface area contributed by atoms with E-state index in [1.54, 1.807) is 0 Å². The number of urea groups is 1. The van der Waals surface area contributed by atoms with Crippen molar-refractivity contribution in [1.29, 1.82) is 0 Å². The molecule has 3 N–H and O–H groups in total. The average Bonchev–Trinajstić information content (AvgIpc) is 2.33. The molecule has 0 aliphatic heterocycles. The second kappa shape index (κ2) is 8.78. The van der Waals surface area contributed by atoms with Crippen molar-refractivity contribution in [3.05, 3.63) is 0 Å². The van der Waals surface area contributed by atoms with Crippen molar-refractivity contribution in [2.45, 2.75) is 64.8 Å². The molecule has 0 unspecified atom stereocenters. The van der Waals surface area contributed by atoms with Gasteiger partial charge in [0.1, 0.15) is 0 Å². The molecule has 0 radical (unpaired) electrons. The van der Waals surface area contributed by atoms with Gasteiger partial charge in [-0.3, -0.25) is 4.79 Å². The predicted octanol–water partition coefficient (Wildman–Crippen LogP) is 2.51. The van der Waals surface area contributed by atoms with Gasteiger partial charge in [0, 0.05) is 18.5 Å². The van der Waals surface area contributed by atoms with E-state index in [0.717, 1.165) is 25.7 Å². The van der Waals surface area contributed by atoms with Crippen LogP contribution >= 0.6 is 0 Å². The van der Waals surface area contributed by atoms with Crippen LogP contribution in [0.3, 0.4) is 0 Å². The fraction of sp³-hybridized carbons (Fsp3) is 0.846. The number of carbonyl (C=O) groups excluding carboxylic acids is 1. The highest BCUT2D eigenvalue weighted by atomic mass is 16.4. The van der Waals surface area contributed by atoms with Gasteiger partial charge in [0.15, 0.2) is 0 Å². The molecule has 18 heavy (non-hydrogen) atoms. The highest BCUT2D eigenvalue weighted by molar-refractivity contribution is 5.74. The van der Waals surface area contributed by atoms with Crippen molar-refractivity contribution in [2.75, 3.05) is 6.54 Å². The number of rotatable bonds is 9. The molecule has 0 aromatic rings. The molecule has 0 aliphatic rings. The van der Waals surface area contributed by atoms with Gasteiger partial charge in [-0.1, -0.05) is 20.3 Å².